The van der Waals surface area contributed by atoms with E-state index in [0.717, 1.165) is 0 Å². The molecule has 0 saturated carbocycles. The van der Waals surface area contributed by atoms with Gasteiger partial charge in [-0.25, -0.2) is 4.79 Å². The Morgan fingerprint density at radius 1 is 1.25 bits per heavy atom. The minimum atomic E-state index is -1.06. The van der Waals surface area contributed by atoms with E-state index in [4.69, 9.17) is 0 Å². The molecular weight excluding hydrogens is 208 g/mol. The molecule has 5 heteroatoms. The van der Waals surface area contributed by atoms with E-state index >= 15 is 0 Å². The molecule has 0 bridgehead atoms. The number of carboxylic acid groups (broad SMARTS) is 1. The van der Waals surface area contributed by atoms with Gasteiger partial charge in [0.05, 0.1) is 0 Å². The Bertz CT molecular complexity index is 269. The maximum absolute atomic E-state index is 11.9. The lowest BCUT2D eigenvalue weighted by Crippen LogP contribution is -2.56. The smallest absolute Gasteiger partial charge is 0.408 e. The first kappa shape index (κ1) is 14.7. The van der Waals surface area contributed by atoms with Crippen LogP contribution in [0.1, 0.15) is 34.1 Å². The van der Waals surface area contributed by atoms with Crippen molar-refractivity contribution in [2.24, 2.45) is 0 Å². The van der Waals surface area contributed by atoms with Crippen molar-refractivity contribution in [3.05, 3.63) is 0 Å². The van der Waals surface area contributed by atoms with Gasteiger partial charge in [-0.3, -0.25) is 9.69 Å². The summed E-state index contributed by atoms with van der Waals surface area (Å²) in [5.74, 6) is -0.181. The zero-order valence-electron chi connectivity index (χ0n) is 10.9. The van der Waals surface area contributed by atoms with Crippen LogP contribution < -0.4 is 0 Å². The van der Waals surface area contributed by atoms with Crippen LogP contribution in [0.2, 0.25) is 0 Å². The molecule has 1 atom stereocenters. The number of rotatable bonds is 3. The van der Waals surface area contributed by atoms with Gasteiger partial charge < -0.3 is 10.0 Å². The van der Waals surface area contributed by atoms with E-state index < -0.39 is 17.7 Å². The quantitative estimate of drug-likeness (QED) is 0.801. The summed E-state index contributed by atoms with van der Waals surface area (Å²) in [7, 11) is 3.27. The van der Waals surface area contributed by atoms with E-state index in [1.165, 1.54) is 9.80 Å². The van der Waals surface area contributed by atoms with E-state index in [1.807, 2.05) is 6.92 Å². The fourth-order valence-corrected chi connectivity index (χ4v) is 1.65. The maximum atomic E-state index is 11.9. The Hall–Kier alpha value is -1.26. The zero-order valence-corrected chi connectivity index (χ0v) is 10.9. The first-order valence-electron chi connectivity index (χ1n) is 5.36. The molecule has 5 nitrogen and oxygen atoms in total. The summed E-state index contributed by atoms with van der Waals surface area (Å²) in [5.41, 5.74) is -0.585. The maximum Gasteiger partial charge on any atom is 0.408 e. The second-order valence-corrected chi connectivity index (χ2v) is 4.98. The molecule has 2 amide bonds. The van der Waals surface area contributed by atoms with Crippen LogP contribution in [0.25, 0.3) is 0 Å². The van der Waals surface area contributed by atoms with E-state index in [0.29, 0.717) is 6.42 Å². The van der Waals surface area contributed by atoms with Crippen LogP contribution in [0.3, 0.4) is 0 Å². The van der Waals surface area contributed by atoms with E-state index in [2.05, 4.69) is 0 Å². The summed E-state index contributed by atoms with van der Waals surface area (Å²) >= 11 is 0. The third kappa shape index (κ3) is 3.40. The molecule has 1 N–H and O–H groups in total. The standard InChI is InChI=1S/C11H22N2O3/c1-7-8(9(14)12(5)6)13(10(15)16)11(2,3)4/h8H,7H2,1-6H3,(H,15,16)/t8-/m0/s1. The highest BCUT2D eigenvalue weighted by Gasteiger charge is 2.36. The molecule has 0 saturated heterocycles. The minimum absolute atomic E-state index is 0.181. The molecule has 0 unspecified atom stereocenters. The Balaban J connectivity index is 5.17. The third-order valence-corrected chi connectivity index (χ3v) is 2.35. The molecule has 0 radical (unpaired) electrons. The largest absolute Gasteiger partial charge is 0.465 e. The fourth-order valence-electron chi connectivity index (χ4n) is 1.65. The van der Waals surface area contributed by atoms with Crippen LogP contribution in [0.5, 0.6) is 0 Å². The first-order chi connectivity index (χ1) is 7.12. The molecule has 0 aromatic rings. The average molecular weight is 230 g/mol. The number of hydrogen-bond donors (Lipinski definition) is 1. The van der Waals surface area contributed by atoms with Gasteiger partial charge in [-0.15, -0.1) is 0 Å². The van der Waals surface area contributed by atoms with Crippen molar-refractivity contribution in [2.45, 2.75) is 45.7 Å². The molecule has 0 fully saturated rings. The lowest BCUT2D eigenvalue weighted by atomic mass is 10.0. The van der Waals surface area contributed by atoms with Crippen LogP contribution in [0.15, 0.2) is 0 Å². The minimum Gasteiger partial charge on any atom is -0.465 e. The van der Waals surface area contributed by atoms with Crippen molar-refractivity contribution in [1.29, 1.82) is 0 Å². The second kappa shape index (κ2) is 5.18. The molecule has 0 aliphatic rings. The highest BCUT2D eigenvalue weighted by molar-refractivity contribution is 5.85. The molecule has 16 heavy (non-hydrogen) atoms. The number of amides is 2. The summed E-state index contributed by atoms with van der Waals surface area (Å²) in [5, 5.41) is 9.20. The molecule has 0 aromatic heterocycles. The molecule has 0 aromatic carbocycles. The van der Waals surface area contributed by atoms with Crippen LogP contribution >= 0.6 is 0 Å². The number of likely N-dealkylation sites (N-methyl/N-ethyl adjacent to an activating group) is 1. The number of carbonyl (C=O) groups is 2. The van der Waals surface area contributed by atoms with Gasteiger partial charge in [-0.05, 0) is 27.2 Å². The van der Waals surface area contributed by atoms with Gasteiger partial charge in [0.25, 0.3) is 0 Å². The zero-order chi connectivity index (χ0) is 13.1. The van der Waals surface area contributed by atoms with E-state index in [9.17, 15) is 14.7 Å². The molecule has 0 heterocycles. The highest BCUT2D eigenvalue weighted by atomic mass is 16.4. The average Bonchev–Trinajstić information content (AvgIpc) is 2.09. The Morgan fingerprint density at radius 2 is 1.69 bits per heavy atom. The van der Waals surface area contributed by atoms with Gasteiger partial charge in [-0.1, -0.05) is 6.92 Å². The van der Waals surface area contributed by atoms with Crippen molar-refractivity contribution >= 4 is 12.0 Å². The number of hydrogen-bond acceptors (Lipinski definition) is 2. The molecule has 0 aliphatic heterocycles. The van der Waals surface area contributed by atoms with Gasteiger partial charge in [0.2, 0.25) is 5.91 Å². The summed E-state index contributed by atoms with van der Waals surface area (Å²) in [6.07, 6.45) is -0.588. The van der Waals surface area contributed by atoms with Crippen molar-refractivity contribution in [1.82, 2.24) is 9.80 Å². The monoisotopic (exact) mass is 230 g/mol. The predicted octanol–water partition coefficient (Wildman–Crippen LogP) is 1.63. The second-order valence-electron chi connectivity index (χ2n) is 4.98. The van der Waals surface area contributed by atoms with Crippen LogP contribution in [0, 0.1) is 0 Å². The van der Waals surface area contributed by atoms with Crippen molar-refractivity contribution in [2.75, 3.05) is 14.1 Å². The van der Waals surface area contributed by atoms with Gasteiger partial charge in [0.1, 0.15) is 6.04 Å². The summed E-state index contributed by atoms with van der Waals surface area (Å²) in [6, 6.07) is -0.618. The molecule has 0 aliphatic carbocycles. The fraction of sp³-hybridized carbons (Fsp3) is 0.818. The van der Waals surface area contributed by atoms with Crippen molar-refractivity contribution < 1.29 is 14.7 Å². The van der Waals surface area contributed by atoms with Gasteiger partial charge in [-0.2, -0.15) is 0 Å². The Kier molecular flexibility index (Phi) is 4.78. The lowest BCUT2D eigenvalue weighted by molar-refractivity contribution is -0.135. The van der Waals surface area contributed by atoms with Gasteiger partial charge in [0, 0.05) is 19.6 Å². The number of nitrogens with zero attached hydrogens (tertiary/aromatic N) is 2. The van der Waals surface area contributed by atoms with Gasteiger partial charge >= 0.3 is 6.09 Å². The third-order valence-electron chi connectivity index (χ3n) is 2.35. The molecule has 94 valence electrons. The van der Waals surface area contributed by atoms with E-state index in [-0.39, 0.29) is 5.91 Å². The topological polar surface area (TPSA) is 60.9 Å². The lowest BCUT2D eigenvalue weighted by Gasteiger charge is -2.39. The van der Waals surface area contributed by atoms with Crippen molar-refractivity contribution in [3.63, 3.8) is 0 Å². The summed E-state index contributed by atoms with van der Waals surface area (Å²) < 4.78 is 0. The summed E-state index contributed by atoms with van der Waals surface area (Å²) in [6.45, 7) is 7.17. The van der Waals surface area contributed by atoms with Gasteiger partial charge in [0.15, 0.2) is 0 Å². The normalized spacial score (nSPS) is 13.1. The Morgan fingerprint density at radius 3 is 1.88 bits per heavy atom. The SMILES string of the molecule is CC[C@@H](C(=O)N(C)C)N(C(=O)O)C(C)(C)C. The number of carbonyl (C=O) groups excluding carboxylic acids is 1. The molecule has 0 rings (SSSR count). The molecular formula is C11H22N2O3. The first-order valence-corrected chi connectivity index (χ1v) is 5.36. The van der Waals surface area contributed by atoms with Crippen LogP contribution in [0.4, 0.5) is 4.79 Å². The van der Waals surface area contributed by atoms with Crippen LogP contribution in [-0.4, -0.2) is 52.6 Å². The van der Waals surface area contributed by atoms with Crippen LogP contribution in [-0.2, 0) is 4.79 Å². The van der Waals surface area contributed by atoms with E-state index in [1.54, 1.807) is 34.9 Å². The van der Waals surface area contributed by atoms with Crippen molar-refractivity contribution in [3.8, 4) is 0 Å². The Labute approximate surface area is 97.0 Å². The highest BCUT2D eigenvalue weighted by Crippen LogP contribution is 2.20. The summed E-state index contributed by atoms with van der Waals surface area (Å²) in [4.78, 5) is 25.8. The predicted molar refractivity (Wildman–Crippen MR) is 62.4 cm³/mol. The molecule has 0 spiro atoms.